The summed E-state index contributed by atoms with van der Waals surface area (Å²) in [6.45, 7) is 4.99. The molecule has 1 amide bonds. The maximum atomic E-state index is 13.2. The molecule has 2 aromatic rings. The smallest absolute Gasteiger partial charge is 0.295 e. The van der Waals surface area contributed by atoms with Crippen LogP contribution in [0.1, 0.15) is 31.0 Å². The molecule has 1 N–H and O–H groups in total. The fourth-order valence-corrected chi connectivity index (χ4v) is 3.98. The highest BCUT2D eigenvalue weighted by atomic mass is 16.5. The van der Waals surface area contributed by atoms with Crippen LogP contribution in [0.25, 0.3) is 5.76 Å². The van der Waals surface area contributed by atoms with Crippen molar-refractivity contribution in [2.24, 2.45) is 0 Å². The Balaban J connectivity index is 2.17. The van der Waals surface area contributed by atoms with Crippen LogP contribution in [0.5, 0.6) is 11.5 Å². The highest BCUT2D eigenvalue weighted by Gasteiger charge is 2.46. The number of hydrogen-bond donors (Lipinski definition) is 1. The van der Waals surface area contributed by atoms with E-state index in [0.717, 1.165) is 5.69 Å². The van der Waals surface area contributed by atoms with E-state index in [2.05, 4.69) is 0 Å². The number of likely N-dealkylation sites (tertiary alicyclic amines) is 1. The molecular weight excluding hydrogens is 436 g/mol. The average Bonchev–Trinajstić information content (AvgIpc) is 3.08. The third-order valence-electron chi connectivity index (χ3n) is 5.62. The van der Waals surface area contributed by atoms with Crippen LogP contribution in [0.2, 0.25) is 0 Å². The zero-order valence-electron chi connectivity index (χ0n) is 20.3. The summed E-state index contributed by atoms with van der Waals surface area (Å²) in [7, 11) is 5.40. The van der Waals surface area contributed by atoms with Crippen LogP contribution < -0.4 is 14.4 Å². The van der Waals surface area contributed by atoms with E-state index in [4.69, 9.17) is 14.2 Å². The largest absolute Gasteiger partial charge is 0.507 e. The summed E-state index contributed by atoms with van der Waals surface area (Å²) in [6.07, 6.45) is 0. The van der Waals surface area contributed by atoms with Gasteiger partial charge in [-0.25, -0.2) is 0 Å². The number of aliphatic hydroxyl groups is 1. The molecule has 8 nitrogen and oxygen atoms in total. The fraction of sp³-hybridized carbons (Fsp3) is 0.385. The van der Waals surface area contributed by atoms with Gasteiger partial charge >= 0.3 is 0 Å². The van der Waals surface area contributed by atoms with Gasteiger partial charge in [-0.1, -0.05) is 12.1 Å². The van der Waals surface area contributed by atoms with Gasteiger partial charge in [0, 0.05) is 39.5 Å². The molecule has 1 aliphatic heterocycles. The first-order valence-corrected chi connectivity index (χ1v) is 11.3. The van der Waals surface area contributed by atoms with E-state index in [9.17, 15) is 14.7 Å². The van der Waals surface area contributed by atoms with Gasteiger partial charge in [0.15, 0.2) is 0 Å². The summed E-state index contributed by atoms with van der Waals surface area (Å²) in [5.41, 5.74) is 2.03. The Labute approximate surface area is 200 Å². The zero-order chi connectivity index (χ0) is 24.8. The number of Topliss-reactive ketones (excluding diaryl/α,β-unsaturated/α-hetero) is 1. The van der Waals surface area contributed by atoms with Crippen molar-refractivity contribution in [2.75, 3.05) is 52.5 Å². The Kier molecular flexibility index (Phi) is 8.17. The quantitative estimate of drug-likeness (QED) is 0.324. The average molecular weight is 469 g/mol. The lowest BCUT2D eigenvalue weighted by Gasteiger charge is -2.25. The monoisotopic (exact) mass is 468 g/mol. The first kappa shape index (κ1) is 25.1. The van der Waals surface area contributed by atoms with E-state index < -0.39 is 17.7 Å². The maximum Gasteiger partial charge on any atom is 0.295 e. The van der Waals surface area contributed by atoms with Crippen LogP contribution in [0.4, 0.5) is 5.69 Å². The number of carbonyl (C=O) groups is 2. The van der Waals surface area contributed by atoms with Gasteiger partial charge in [0.2, 0.25) is 0 Å². The standard InChI is InChI=1S/C26H32N2O6/c1-6-33-19-12-13-20(21(16-19)34-7-2)24(29)22-23(17-8-10-18(11-9-17)27(3)4)28(14-15-32-5)26(31)25(22)30/h8-13,16,23,29H,6-7,14-15H2,1-5H3/b24-22-. The first-order chi connectivity index (χ1) is 16.3. The van der Waals surface area contributed by atoms with Crippen LogP contribution in [-0.2, 0) is 14.3 Å². The minimum atomic E-state index is -0.757. The summed E-state index contributed by atoms with van der Waals surface area (Å²) in [5.74, 6) is -0.753. The Morgan fingerprint density at radius 1 is 1.03 bits per heavy atom. The molecular formula is C26H32N2O6. The molecule has 0 saturated carbocycles. The second-order valence-corrected chi connectivity index (χ2v) is 8.00. The van der Waals surface area contributed by atoms with Crippen molar-refractivity contribution in [3.8, 4) is 11.5 Å². The van der Waals surface area contributed by atoms with Crippen molar-refractivity contribution in [1.82, 2.24) is 4.90 Å². The van der Waals surface area contributed by atoms with Gasteiger partial charge in [0.05, 0.1) is 37.0 Å². The summed E-state index contributed by atoms with van der Waals surface area (Å²) < 4.78 is 16.4. The van der Waals surface area contributed by atoms with Gasteiger partial charge < -0.3 is 29.1 Å². The Morgan fingerprint density at radius 2 is 1.71 bits per heavy atom. The third kappa shape index (κ3) is 5.02. The molecule has 0 aromatic heterocycles. The van der Waals surface area contributed by atoms with Crippen LogP contribution in [-0.4, -0.2) is 69.3 Å². The highest BCUT2D eigenvalue weighted by Crippen LogP contribution is 2.41. The Hall–Kier alpha value is -3.52. The SMILES string of the molecule is CCOc1ccc(/C(O)=C2/C(=O)C(=O)N(CCOC)C2c2ccc(N(C)C)cc2)c(OCC)c1. The van der Waals surface area contributed by atoms with E-state index >= 15 is 0 Å². The lowest BCUT2D eigenvalue weighted by Crippen LogP contribution is -2.32. The molecule has 1 fully saturated rings. The van der Waals surface area contributed by atoms with Gasteiger partial charge in [-0.3, -0.25) is 9.59 Å². The second kappa shape index (κ2) is 11.1. The number of aliphatic hydroxyl groups excluding tert-OH is 1. The van der Waals surface area contributed by atoms with Crippen LogP contribution in [0, 0.1) is 0 Å². The molecule has 2 aromatic carbocycles. The number of hydrogen-bond acceptors (Lipinski definition) is 7. The van der Waals surface area contributed by atoms with Gasteiger partial charge in [0.25, 0.3) is 11.7 Å². The van der Waals surface area contributed by atoms with Crippen molar-refractivity contribution in [3.63, 3.8) is 0 Å². The van der Waals surface area contributed by atoms with Gasteiger partial charge in [-0.05, 0) is 43.7 Å². The predicted octanol–water partition coefficient (Wildman–Crippen LogP) is 3.62. The van der Waals surface area contributed by atoms with Gasteiger partial charge in [-0.2, -0.15) is 0 Å². The summed E-state index contributed by atoms with van der Waals surface area (Å²) in [6, 6.07) is 11.8. The van der Waals surface area contributed by atoms with E-state index in [1.165, 1.54) is 12.0 Å². The summed E-state index contributed by atoms with van der Waals surface area (Å²) >= 11 is 0. The van der Waals surface area contributed by atoms with Crippen LogP contribution in [0.15, 0.2) is 48.0 Å². The fourth-order valence-electron chi connectivity index (χ4n) is 3.98. The van der Waals surface area contributed by atoms with Crippen molar-refractivity contribution < 1.29 is 28.9 Å². The van der Waals surface area contributed by atoms with E-state index in [1.807, 2.05) is 57.1 Å². The zero-order valence-corrected chi connectivity index (χ0v) is 20.3. The van der Waals surface area contributed by atoms with Crippen LogP contribution in [0.3, 0.4) is 0 Å². The van der Waals surface area contributed by atoms with Crippen LogP contribution >= 0.6 is 0 Å². The number of rotatable bonds is 10. The van der Waals surface area contributed by atoms with Gasteiger partial charge in [-0.15, -0.1) is 0 Å². The molecule has 182 valence electrons. The molecule has 3 rings (SSSR count). The summed E-state index contributed by atoms with van der Waals surface area (Å²) in [5, 5.41) is 11.4. The minimum Gasteiger partial charge on any atom is -0.507 e. The summed E-state index contributed by atoms with van der Waals surface area (Å²) in [4.78, 5) is 29.5. The number of ketones is 1. The second-order valence-electron chi connectivity index (χ2n) is 8.00. The number of anilines is 1. The van der Waals surface area contributed by atoms with Crippen molar-refractivity contribution in [2.45, 2.75) is 19.9 Å². The van der Waals surface area contributed by atoms with Crippen molar-refractivity contribution in [3.05, 3.63) is 59.2 Å². The van der Waals surface area contributed by atoms with Crippen molar-refractivity contribution in [1.29, 1.82) is 0 Å². The normalized spacial score (nSPS) is 17.2. The van der Waals surface area contributed by atoms with E-state index in [0.29, 0.717) is 35.8 Å². The molecule has 0 aliphatic carbocycles. The number of benzene rings is 2. The van der Waals surface area contributed by atoms with Crippen molar-refractivity contribution >= 4 is 23.1 Å². The predicted molar refractivity (Wildman–Crippen MR) is 130 cm³/mol. The molecule has 0 radical (unpaired) electrons. The Morgan fingerprint density at radius 3 is 2.29 bits per heavy atom. The lowest BCUT2D eigenvalue weighted by atomic mass is 9.94. The molecule has 34 heavy (non-hydrogen) atoms. The molecule has 0 bridgehead atoms. The lowest BCUT2D eigenvalue weighted by molar-refractivity contribution is -0.140. The highest BCUT2D eigenvalue weighted by molar-refractivity contribution is 6.46. The van der Waals surface area contributed by atoms with Gasteiger partial charge in [0.1, 0.15) is 17.3 Å². The molecule has 1 aliphatic rings. The van der Waals surface area contributed by atoms with E-state index in [-0.39, 0.29) is 24.5 Å². The first-order valence-electron chi connectivity index (χ1n) is 11.3. The Bertz CT molecular complexity index is 1060. The number of methoxy groups -OCH3 is 1. The molecule has 1 heterocycles. The molecule has 1 unspecified atom stereocenters. The molecule has 8 heteroatoms. The number of carbonyl (C=O) groups excluding carboxylic acids is 2. The van der Waals surface area contributed by atoms with E-state index in [1.54, 1.807) is 18.2 Å². The topological polar surface area (TPSA) is 88.5 Å². The number of ether oxygens (including phenoxy) is 3. The molecule has 1 saturated heterocycles. The molecule has 0 spiro atoms. The number of amides is 1. The number of nitrogens with zero attached hydrogens (tertiary/aromatic N) is 2. The molecule has 1 atom stereocenters. The minimum absolute atomic E-state index is 0.0174. The third-order valence-corrected chi connectivity index (χ3v) is 5.62. The maximum absolute atomic E-state index is 13.2.